The molecule has 3 N–H and O–H groups in total. The average molecular weight is 290 g/mol. The van der Waals surface area contributed by atoms with Crippen molar-refractivity contribution in [3.63, 3.8) is 0 Å². The summed E-state index contributed by atoms with van der Waals surface area (Å²) in [4.78, 5) is 0. The van der Waals surface area contributed by atoms with Crippen molar-refractivity contribution >= 4 is 10.0 Å². The molecule has 0 amide bonds. The molecular weight excluding hydrogens is 260 g/mol. The molecule has 5 heteroatoms. The third-order valence-electron chi connectivity index (χ3n) is 4.09. The Balaban J connectivity index is 2.53. The summed E-state index contributed by atoms with van der Waals surface area (Å²) in [7, 11) is -3.19. The van der Waals surface area contributed by atoms with E-state index in [0.717, 1.165) is 25.7 Å². The smallest absolute Gasteiger partial charge is 0.212 e. The van der Waals surface area contributed by atoms with E-state index in [2.05, 4.69) is 11.6 Å². The standard InChI is InChI=1S/C14H30N2O2S/c1-3-7-12(2)11-19(17,18)16-14(10-15)13-8-5-4-6-9-13/h12-14,16H,3-11,15H2,1-2H3. The lowest BCUT2D eigenvalue weighted by Crippen LogP contribution is -2.47. The van der Waals surface area contributed by atoms with Gasteiger partial charge in [0.15, 0.2) is 0 Å². The summed E-state index contributed by atoms with van der Waals surface area (Å²) >= 11 is 0. The molecule has 0 heterocycles. The van der Waals surface area contributed by atoms with Crippen molar-refractivity contribution in [2.45, 2.75) is 64.8 Å². The molecule has 1 aliphatic carbocycles. The van der Waals surface area contributed by atoms with Gasteiger partial charge in [-0.15, -0.1) is 0 Å². The van der Waals surface area contributed by atoms with E-state index in [9.17, 15) is 8.42 Å². The van der Waals surface area contributed by atoms with Gasteiger partial charge in [-0.05, 0) is 31.1 Å². The van der Waals surface area contributed by atoms with E-state index in [0.29, 0.717) is 12.5 Å². The molecule has 2 atom stereocenters. The second-order valence-corrected chi connectivity index (χ2v) is 7.83. The number of nitrogens with one attached hydrogen (secondary N) is 1. The fourth-order valence-electron chi connectivity index (χ4n) is 3.10. The van der Waals surface area contributed by atoms with Gasteiger partial charge in [-0.25, -0.2) is 13.1 Å². The summed E-state index contributed by atoms with van der Waals surface area (Å²) in [5.41, 5.74) is 5.77. The molecular formula is C14H30N2O2S. The number of hydrogen-bond donors (Lipinski definition) is 2. The van der Waals surface area contributed by atoms with E-state index in [1.165, 1.54) is 19.3 Å². The van der Waals surface area contributed by atoms with E-state index in [1.807, 2.05) is 6.92 Å². The summed E-state index contributed by atoms with van der Waals surface area (Å²) in [6, 6.07) is -0.0703. The van der Waals surface area contributed by atoms with Crippen molar-refractivity contribution in [3.05, 3.63) is 0 Å². The average Bonchev–Trinajstić information content (AvgIpc) is 2.36. The minimum Gasteiger partial charge on any atom is -0.329 e. The molecule has 1 fully saturated rings. The molecule has 4 nitrogen and oxygen atoms in total. The third-order valence-corrected chi connectivity index (χ3v) is 5.76. The molecule has 0 radical (unpaired) electrons. The molecule has 19 heavy (non-hydrogen) atoms. The minimum atomic E-state index is -3.19. The molecule has 0 aromatic rings. The van der Waals surface area contributed by atoms with Crippen LogP contribution in [0.1, 0.15) is 58.8 Å². The highest BCUT2D eigenvalue weighted by atomic mass is 32.2. The first-order valence-electron chi connectivity index (χ1n) is 7.68. The first-order chi connectivity index (χ1) is 8.98. The lowest BCUT2D eigenvalue weighted by Gasteiger charge is -2.30. The SMILES string of the molecule is CCCC(C)CS(=O)(=O)NC(CN)C1CCCCC1. The van der Waals surface area contributed by atoms with Crippen LogP contribution < -0.4 is 10.5 Å². The van der Waals surface area contributed by atoms with Crippen LogP contribution in [0.4, 0.5) is 0 Å². The lowest BCUT2D eigenvalue weighted by molar-refractivity contribution is 0.293. The maximum absolute atomic E-state index is 12.2. The molecule has 1 rings (SSSR count). The van der Waals surface area contributed by atoms with Crippen molar-refractivity contribution in [1.29, 1.82) is 0 Å². The zero-order chi connectivity index (χ0) is 14.3. The fraction of sp³-hybridized carbons (Fsp3) is 1.00. The van der Waals surface area contributed by atoms with Gasteiger partial charge < -0.3 is 5.73 Å². The molecule has 0 aromatic heterocycles. The Bertz CT molecular complexity index is 337. The lowest BCUT2D eigenvalue weighted by atomic mass is 9.84. The van der Waals surface area contributed by atoms with Crippen molar-refractivity contribution in [1.82, 2.24) is 4.72 Å². The Kier molecular flexibility index (Phi) is 7.32. The van der Waals surface area contributed by atoms with E-state index in [1.54, 1.807) is 0 Å². The Hall–Kier alpha value is -0.130. The van der Waals surface area contributed by atoms with Gasteiger partial charge in [-0.1, -0.05) is 39.5 Å². The molecule has 0 spiro atoms. The van der Waals surface area contributed by atoms with Gasteiger partial charge in [0, 0.05) is 12.6 Å². The molecule has 0 aliphatic heterocycles. The number of sulfonamides is 1. The minimum absolute atomic E-state index is 0.0703. The summed E-state index contributed by atoms with van der Waals surface area (Å²) < 4.78 is 27.2. The van der Waals surface area contributed by atoms with E-state index in [4.69, 9.17) is 5.73 Å². The zero-order valence-corrected chi connectivity index (χ0v) is 13.2. The predicted molar refractivity (Wildman–Crippen MR) is 80.4 cm³/mol. The maximum atomic E-state index is 12.2. The van der Waals surface area contributed by atoms with Crippen LogP contribution in [0, 0.1) is 11.8 Å². The summed E-state index contributed by atoms with van der Waals surface area (Å²) in [5, 5.41) is 0. The topological polar surface area (TPSA) is 72.2 Å². The zero-order valence-electron chi connectivity index (χ0n) is 12.4. The number of hydrogen-bond acceptors (Lipinski definition) is 3. The second-order valence-electron chi connectivity index (χ2n) is 6.03. The number of rotatable bonds is 8. The Morgan fingerprint density at radius 1 is 1.26 bits per heavy atom. The largest absolute Gasteiger partial charge is 0.329 e. The monoisotopic (exact) mass is 290 g/mol. The Morgan fingerprint density at radius 2 is 1.89 bits per heavy atom. The fourth-order valence-corrected chi connectivity index (χ4v) is 4.86. The van der Waals surface area contributed by atoms with Gasteiger partial charge in [-0.3, -0.25) is 0 Å². The van der Waals surface area contributed by atoms with Gasteiger partial charge in [0.2, 0.25) is 10.0 Å². The van der Waals surface area contributed by atoms with Crippen LogP contribution in [0.5, 0.6) is 0 Å². The van der Waals surface area contributed by atoms with Crippen LogP contribution in [-0.2, 0) is 10.0 Å². The highest BCUT2D eigenvalue weighted by Gasteiger charge is 2.27. The summed E-state index contributed by atoms with van der Waals surface area (Å²) in [6.07, 6.45) is 7.87. The maximum Gasteiger partial charge on any atom is 0.212 e. The predicted octanol–water partition coefficient (Wildman–Crippen LogP) is 2.25. The summed E-state index contributed by atoms with van der Waals surface area (Å²) in [6.45, 7) is 4.49. The van der Waals surface area contributed by atoms with Crippen LogP contribution in [0.15, 0.2) is 0 Å². The van der Waals surface area contributed by atoms with Gasteiger partial charge in [0.25, 0.3) is 0 Å². The van der Waals surface area contributed by atoms with Crippen LogP contribution >= 0.6 is 0 Å². The van der Waals surface area contributed by atoms with E-state index >= 15 is 0 Å². The highest BCUT2D eigenvalue weighted by Crippen LogP contribution is 2.26. The second kappa shape index (κ2) is 8.22. The molecule has 1 saturated carbocycles. The molecule has 114 valence electrons. The molecule has 0 saturated heterocycles. The van der Waals surface area contributed by atoms with E-state index < -0.39 is 10.0 Å². The number of nitrogens with two attached hydrogens (primary N) is 1. The van der Waals surface area contributed by atoms with Crippen molar-refractivity contribution < 1.29 is 8.42 Å². The van der Waals surface area contributed by atoms with Gasteiger partial charge >= 0.3 is 0 Å². The normalized spacial score (nSPS) is 21.2. The van der Waals surface area contributed by atoms with Crippen LogP contribution in [0.3, 0.4) is 0 Å². The molecule has 1 aliphatic rings. The van der Waals surface area contributed by atoms with Crippen molar-refractivity contribution in [2.24, 2.45) is 17.6 Å². The van der Waals surface area contributed by atoms with Crippen LogP contribution in [0.25, 0.3) is 0 Å². The van der Waals surface area contributed by atoms with Gasteiger partial charge in [0.1, 0.15) is 0 Å². The van der Waals surface area contributed by atoms with Gasteiger partial charge in [0.05, 0.1) is 5.75 Å². The van der Waals surface area contributed by atoms with Crippen LogP contribution in [-0.4, -0.2) is 26.8 Å². The van der Waals surface area contributed by atoms with Gasteiger partial charge in [-0.2, -0.15) is 0 Å². The van der Waals surface area contributed by atoms with E-state index in [-0.39, 0.29) is 17.7 Å². The summed E-state index contributed by atoms with van der Waals surface area (Å²) in [5.74, 6) is 0.867. The molecule has 0 aromatic carbocycles. The van der Waals surface area contributed by atoms with Crippen LogP contribution in [0.2, 0.25) is 0 Å². The quantitative estimate of drug-likeness (QED) is 0.720. The molecule has 0 bridgehead atoms. The van der Waals surface area contributed by atoms with Crippen molar-refractivity contribution in [2.75, 3.05) is 12.3 Å². The highest BCUT2D eigenvalue weighted by molar-refractivity contribution is 7.89. The third kappa shape index (κ3) is 6.23. The molecule has 2 unspecified atom stereocenters. The first kappa shape index (κ1) is 16.9. The Labute approximate surface area is 118 Å². The van der Waals surface area contributed by atoms with Crippen molar-refractivity contribution in [3.8, 4) is 0 Å². The Morgan fingerprint density at radius 3 is 2.42 bits per heavy atom. The first-order valence-corrected chi connectivity index (χ1v) is 9.33.